The molecule has 0 amide bonds. The summed E-state index contributed by atoms with van der Waals surface area (Å²) in [5.74, 6) is 0. The van der Waals surface area contributed by atoms with Crippen molar-refractivity contribution in [2.24, 2.45) is 0 Å². The van der Waals surface area contributed by atoms with Gasteiger partial charge in [0, 0.05) is 39.2 Å². The Bertz CT molecular complexity index is 2210. The van der Waals surface area contributed by atoms with Gasteiger partial charge < -0.3 is 68.8 Å². The van der Waals surface area contributed by atoms with E-state index in [2.05, 4.69) is 0 Å². The second-order valence-electron chi connectivity index (χ2n) is 11.3. The van der Waals surface area contributed by atoms with Gasteiger partial charge in [-0.1, -0.05) is 24.3 Å². The van der Waals surface area contributed by atoms with Crippen LogP contribution in [0.2, 0.25) is 0 Å². The zero-order valence-electron chi connectivity index (χ0n) is 27.3. The molecule has 4 nitrogen and oxygen atoms in total. The van der Waals surface area contributed by atoms with Gasteiger partial charge in [-0.3, -0.25) is 0 Å². The minimum Gasteiger partial charge on any atom is -0.762 e. The number of nitrogens with zero attached hydrogens (tertiary/aromatic N) is 4. The van der Waals surface area contributed by atoms with Gasteiger partial charge in [0.2, 0.25) is 0 Å². The number of hydrogen-bond donors (Lipinski definition) is 0. The van der Waals surface area contributed by atoms with Crippen LogP contribution in [0.3, 0.4) is 0 Å². The van der Waals surface area contributed by atoms with Gasteiger partial charge in [-0.25, -0.2) is 0 Å². The van der Waals surface area contributed by atoms with Crippen LogP contribution in [-0.4, -0.2) is 18.3 Å². The molecule has 0 atom stereocenters. The molecule has 0 N–H and O–H groups in total. The molecule has 0 aliphatic heterocycles. The smallest absolute Gasteiger partial charge is 0.416 e. The Labute approximate surface area is 356 Å². The molecular weight excluding hydrogens is 943 g/mol. The third-order valence-corrected chi connectivity index (χ3v) is 10.2. The molecular formula is C34H16F12N4NiS6-4. The zero-order valence-corrected chi connectivity index (χ0v) is 33.2. The molecule has 0 saturated heterocycles. The molecule has 0 unspecified atom stereocenters. The van der Waals surface area contributed by atoms with Gasteiger partial charge in [-0.2, -0.15) is 52.7 Å². The average Bonchev–Trinajstić information content (AvgIpc) is 3.48. The molecule has 23 heteroatoms. The fourth-order valence-corrected chi connectivity index (χ4v) is 7.28. The maximum absolute atomic E-state index is 13.0. The minimum absolute atomic E-state index is 0. The van der Waals surface area contributed by atoms with Crippen LogP contribution in [0.5, 0.6) is 0 Å². The molecule has 306 valence electrons. The van der Waals surface area contributed by atoms with Crippen molar-refractivity contribution < 1.29 is 69.2 Å². The zero-order chi connectivity index (χ0) is 41.7. The SMILES string of the molecule is FC(F)(F)c1cccc(-n2c([S-])c([S-])n(-c3cccc(C(F)(F)F)c3)c2=S)c1.FC(F)(F)c1cccc(-n2c([S-])c([S-])n(-c3cccc(C(F)(F)F)c3)c2=S)c1.[Ni]. The Hall–Kier alpha value is -3.73. The Morgan fingerprint density at radius 3 is 0.684 bits per heavy atom. The molecule has 0 spiro atoms. The predicted octanol–water partition coefficient (Wildman–Crippen LogP) is 11.7. The van der Waals surface area contributed by atoms with E-state index in [0.717, 1.165) is 66.8 Å². The minimum atomic E-state index is -4.58. The maximum atomic E-state index is 13.0. The van der Waals surface area contributed by atoms with Crippen molar-refractivity contribution in [1.82, 2.24) is 18.3 Å². The molecule has 0 aliphatic rings. The molecule has 0 fully saturated rings. The van der Waals surface area contributed by atoms with Crippen molar-refractivity contribution in [1.29, 1.82) is 0 Å². The van der Waals surface area contributed by atoms with E-state index >= 15 is 0 Å². The summed E-state index contributed by atoms with van der Waals surface area (Å²) in [6, 6.07) is 17.0. The topological polar surface area (TPSA) is 19.7 Å². The summed E-state index contributed by atoms with van der Waals surface area (Å²) >= 11 is 31.3. The third kappa shape index (κ3) is 9.77. The standard InChI is InChI=1S/2C17H10F6N2S3.Ni/c2*18-16(19,20)9-3-1-5-11(7-9)24-13(26)14(27)25(15(24)28)12-6-2-4-10(8-12)17(21,22)23;/h2*1-8,26-27H;/p-4. The van der Waals surface area contributed by atoms with Gasteiger partial charge in [-0.05, 0) is 97.2 Å². The van der Waals surface area contributed by atoms with E-state index in [1.165, 1.54) is 48.5 Å². The molecule has 6 aromatic rings. The van der Waals surface area contributed by atoms with E-state index in [1.807, 2.05) is 0 Å². The van der Waals surface area contributed by atoms with Crippen LogP contribution in [0.15, 0.2) is 117 Å². The fourth-order valence-electron chi connectivity index (χ4n) is 5.13. The normalized spacial score (nSPS) is 12.1. The number of imidazole rings is 2. The molecule has 6 rings (SSSR count). The fraction of sp³-hybridized carbons (Fsp3) is 0.118. The van der Waals surface area contributed by atoms with Crippen molar-refractivity contribution in [3.63, 3.8) is 0 Å². The summed E-state index contributed by atoms with van der Waals surface area (Å²) in [4.78, 5) is 0. The second-order valence-corrected chi connectivity index (χ2v) is 13.6. The van der Waals surface area contributed by atoms with Crippen LogP contribution in [0.1, 0.15) is 22.3 Å². The first-order valence-corrected chi connectivity index (χ1v) is 17.4. The van der Waals surface area contributed by atoms with Crippen molar-refractivity contribution >= 4 is 75.0 Å². The number of hydrogen-bond acceptors (Lipinski definition) is 6. The summed E-state index contributed by atoms with van der Waals surface area (Å²) in [6.45, 7) is 0. The van der Waals surface area contributed by atoms with Crippen LogP contribution in [-0.2, 0) is 91.7 Å². The number of aromatic nitrogens is 4. The van der Waals surface area contributed by atoms with Gasteiger partial charge in [0.1, 0.15) is 0 Å². The Morgan fingerprint density at radius 2 is 0.526 bits per heavy atom. The van der Waals surface area contributed by atoms with E-state index < -0.39 is 47.0 Å². The van der Waals surface area contributed by atoms with Gasteiger partial charge in [0.25, 0.3) is 0 Å². The maximum Gasteiger partial charge on any atom is 0.416 e. The Kier molecular flexibility index (Phi) is 13.6. The number of benzene rings is 4. The first-order chi connectivity index (χ1) is 25.8. The van der Waals surface area contributed by atoms with Crippen molar-refractivity contribution in [3.05, 3.63) is 129 Å². The van der Waals surface area contributed by atoms with Crippen molar-refractivity contribution in [3.8, 4) is 22.7 Å². The van der Waals surface area contributed by atoms with Gasteiger partial charge in [0.15, 0.2) is 9.54 Å². The van der Waals surface area contributed by atoms with Crippen molar-refractivity contribution in [2.75, 3.05) is 0 Å². The molecule has 0 aliphatic carbocycles. The largest absolute Gasteiger partial charge is 0.762 e. The Balaban J connectivity index is 0.000000248. The number of alkyl halides is 12. The summed E-state index contributed by atoms with van der Waals surface area (Å²) in [5, 5.41) is -0.290. The molecule has 4 aromatic carbocycles. The Morgan fingerprint density at radius 1 is 0.351 bits per heavy atom. The first kappa shape index (κ1) is 46.0. The van der Waals surface area contributed by atoms with Crippen molar-refractivity contribution in [2.45, 2.75) is 44.8 Å². The first-order valence-electron chi connectivity index (χ1n) is 15.0. The summed E-state index contributed by atoms with van der Waals surface area (Å²) in [7, 11) is 0. The number of rotatable bonds is 4. The van der Waals surface area contributed by atoms with E-state index in [-0.39, 0.29) is 68.9 Å². The van der Waals surface area contributed by atoms with Gasteiger partial charge in [0.05, 0.1) is 22.3 Å². The van der Waals surface area contributed by atoms with Crippen LogP contribution in [0.25, 0.3) is 22.7 Å². The van der Waals surface area contributed by atoms with E-state index in [4.69, 9.17) is 75.0 Å². The third-order valence-electron chi connectivity index (χ3n) is 7.67. The van der Waals surface area contributed by atoms with E-state index in [1.54, 1.807) is 0 Å². The summed E-state index contributed by atoms with van der Waals surface area (Å²) in [6.07, 6.45) is -18.3. The van der Waals surface area contributed by atoms with Crippen LogP contribution < -0.4 is 0 Å². The van der Waals surface area contributed by atoms with E-state index in [0.29, 0.717) is 0 Å². The molecule has 0 saturated carbocycles. The van der Waals surface area contributed by atoms with Crippen LogP contribution >= 0.6 is 24.4 Å². The quantitative estimate of drug-likeness (QED) is 0.0754. The van der Waals surface area contributed by atoms with E-state index in [9.17, 15) is 52.7 Å². The number of halogens is 12. The molecule has 57 heavy (non-hydrogen) atoms. The monoisotopic (exact) mass is 958 g/mol. The summed E-state index contributed by atoms with van der Waals surface area (Å²) in [5.41, 5.74) is -3.61. The van der Waals surface area contributed by atoms with Gasteiger partial charge >= 0.3 is 24.7 Å². The molecule has 0 radical (unpaired) electrons. The van der Waals surface area contributed by atoms with Crippen LogP contribution in [0, 0.1) is 9.54 Å². The molecule has 0 bridgehead atoms. The average molecular weight is 960 g/mol. The summed E-state index contributed by atoms with van der Waals surface area (Å²) < 4.78 is 160. The molecule has 2 heterocycles. The predicted molar refractivity (Wildman–Crippen MR) is 194 cm³/mol. The second kappa shape index (κ2) is 16.9. The molecule has 2 aromatic heterocycles. The van der Waals surface area contributed by atoms with Gasteiger partial charge in [-0.15, -0.1) is 20.1 Å². The van der Waals surface area contributed by atoms with Crippen LogP contribution in [0.4, 0.5) is 52.7 Å².